The first-order chi connectivity index (χ1) is 23.6. The van der Waals surface area contributed by atoms with Crippen LogP contribution in [0.1, 0.15) is 72.6 Å². The van der Waals surface area contributed by atoms with Crippen molar-refractivity contribution in [1.29, 1.82) is 0 Å². The highest BCUT2D eigenvalue weighted by Crippen LogP contribution is 2.65. The molecule has 0 radical (unpaired) electrons. The van der Waals surface area contributed by atoms with E-state index in [-0.39, 0.29) is 37.5 Å². The number of sulfonamides is 1. The van der Waals surface area contributed by atoms with Crippen molar-refractivity contribution in [3.63, 3.8) is 0 Å². The predicted octanol–water partition coefficient (Wildman–Crippen LogP) is 3.56. The van der Waals surface area contributed by atoms with E-state index in [0.29, 0.717) is 12.8 Å². The van der Waals surface area contributed by atoms with E-state index in [1.165, 1.54) is 26.6 Å². The summed E-state index contributed by atoms with van der Waals surface area (Å²) in [5.41, 5.74) is -1.41. The fraction of sp³-hybridized carbons (Fsp3) is 0.676. The zero-order valence-electron chi connectivity index (χ0n) is 30.2. The minimum absolute atomic E-state index is 0.0174. The Kier molecular flexibility index (Phi) is 12.3. The maximum Gasteiger partial charge on any atom is 0.315 e. The van der Waals surface area contributed by atoms with Gasteiger partial charge in [-0.1, -0.05) is 67.4 Å². The molecule has 4 rings (SSSR count). The summed E-state index contributed by atoms with van der Waals surface area (Å²) >= 11 is 14.5. The molecule has 6 atom stereocenters. The Morgan fingerprint density at radius 2 is 1.75 bits per heavy atom. The maximum atomic E-state index is 14.4. The number of piperidine rings is 1. The lowest BCUT2D eigenvalue weighted by Gasteiger charge is -2.38. The lowest BCUT2D eigenvalue weighted by atomic mass is 9.85. The van der Waals surface area contributed by atoms with Crippen molar-refractivity contribution < 1.29 is 32.4 Å². The number of unbranched alkanes of at least 4 members (excludes halogenated alkanes) is 1. The Morgan fingerprint density at radius 3 is 2.31 bits per heavy atom. The van der Waals surface area contributed by atoms with Crippen LogP contribution in [0, 0.1) is 22.7 Å². The number of Topliss-reactive ketones (excluding diaryl/α,β-unsaturated/α-hetero) is 1. The van der Waals surface area contributed by atoms with Crippen molar-refractivity contribution >= 4 is 74.1 Å². The monoisotopic (exact) mass is 788 g/mol. The Labute approximate surface area is 314 Å². The highest BCUT2D eigenvalue weighted by Gasteiger charge is 2.74. The van der Waals surface area contributed by atoms with Gasteiger partial charge >= 0.3 is 6.03 Å². The second kappa shape index (κ2) is 15.3. The number of halogens is 2. The largest absolute Gasteiger partial charge is 0.346 e. The van der Waals surface area contributed by atoms with Gasteiger partial charge in [0.25, 0.3) is 5.91 Å². The SMILES string of the molecule is C=CCNC(=O)C(=O)C(CCCC)NC(=O)C1C2C(CN1C(=O)C(NC(=O)NC(CN1Cc3sccc3S1(=O)=O)C(C)(C)C)C(C)(C)C)C2(Cl)Cl. The Balaban J connectivity index is 1.53. The van der Waals surface area contributed by atoms with Gasteiger partial charge in [-0.05, 0) is 28.7 Å². The molecule has 4 N–H and O–H groups in total. The number of amides is 5. The van der Waals surface area contributed by atoms with E-state index < -0.39 is 90.7 Å². The molecular weight excluding hydrogens is 739 g/mol. The Bertz CT molecular complexity index is 1650. The van der Waals surface area contributed by atoms with E-state index in [1.807, 2.05) is 27.7 Å². The maximum absolute atomic E-state index is 14.4. The predicted molar refractivity (Wildman–Crippen MR) is 197 cm³/mol. The van der Waals surface area contributed by atoms with Crippen molar-refractivity contribution in [1.82, 2.24) is 30.5 Å². The number of rotatable bonds is 14. The summed E-state index contributed by atoms with van der Waals surface area (Å²) in [7, 11) is -3.71. The van der Waals surface area contributed by atoms with Gasteiger partial charge in [-0.3, -0.25) is 19.2 Å². The zero-order chi connectivity index (χ0) is 38.3. The number of nitrogens with zero attached hydrogens (tertiary/aromatic N) is 2. The molecule has 6 unspecified atom stereocenters. The molecule has 13 nitrogen and oxygen atoms in total. The summed E-state index contributed by atoms with van der Waals surface area (Å²) in [6, 6.07) is -3.16. The van der Waals surface area contributed by atoms with Crippen LogP contribution in [0.2, 0.25) is 0 Å². The molecule has 3 aliphatic rings. The van der Waals surface area contributed by atoms with Gasteiger partial charge in [0.1, 0.15) is 16.4 Å². The molecule has 2 fully saturated rings. The van der Waals surface area contributed by atoms with E-state index in [1.54, 1.807) is 32.2 Å². The average Bonchev–Trinajstić information content (AvgIpc) is 3.48. The van der Waals surface area contributed by atoms with Gasteiger partial charge in [0.05, 0.1) is 10.9 Å². The van der Waals surface area contributed by atoms with Crippen LogP contribution in [-0.4, -0.2) is 95.3 Å². The zero-order valence-corrected chi connectivity index (χ0v) is 33.3. The van der Waals surface area contributed by atoms with Crippen molar-refractivity contribution in [3.05, 3.63) is 29.0 Å². The molecule has 0 bridgehead atoms. The lowest BCUT2D eigenvalue weighted by Crippen LogP contribution is -2.62. The third-order valence-corrected chi connectivity index (χ3v) is 13.8. The molecule has 51 heavy (non-hydrogen) atoms. The highest BCUT2D eigenvalue weighted by molar-refractivity contribution is 7.89. The standard InChI is InChI=1S/C34H50Cl2N6O7S2/c1-9-11-12-20(26(43)29(45)37-14-10-2)38-28(44)25-24-19(34(24,35)36)16-42(25)30(46)27(33(6,7)8)40-31(47)39-23(32(3,4)5)18-41-17-21-22(13-15-50-21)51(41,48)49/h10,13,15,19-20,23-25,27H,2,9,11-12,14,16-18H2,1,3-8H3,(H,37,45)(H,38,44)(H2,39,40,47). The third kappa shape index (κ3) is 8.75. The van der Waals surface area contributed by atoms with E-state index >= 15 is 0 Å². The number of ketones is 1. The van der Waals surface area contributed by atoms with Gasteiger partial charge < -0.3 is 26.2 Å². The molecule has 5 amide bonds. The number of urea groups is 1. The van der Waals surface area contributed by atoms with Crippen LogP contribution < -0.4 is 21.3 Å². The van der Waals surface area contributed by atoms with Crippen LogP contribution in [0.15, 0.2) is 29.0 Å². The molecule has 0 aromatic carbocycles. The van der Waals surface area contributed by atoms with Gasteiger partial charge in [-0.15, -0.1) is 41.1 Å². The molecule has 1 aromatic heterocycles. The normalized spacial score (nSPS) is 23.6. The summed E-state index contributed by atoms with van der Waals surface area (Å²) in [6.07, 6.45) is 2.90. The van der Waals surface area contributed by atoms with Crippen LogP contribution in [0.5, 0.6) is 0 Å². The molecule has 1 saturated heterocycles. The summed E-state index contributed by atoms with van der Waals surface area (Å²) < 4.78 is 26.5. The highest BCUT2D eigenvalue weighted by atomic mass is 35.5. The number of nitrogens with one attached hydrogen (secondary N) is 4. The van der Waals surface area contributed by atoms with Crippen LogP contribution in [0.25, 0.3) is 0 Å². The van der Waals surface area contributed by atoms with Crippen molar-refractivity contribution in [3.8, 4) is 0 Å². The fourth-order valence-corrected chi connectivity index (χ4v) is 10.3. The summed E-state index contributed by atoms with van der Waals surface area (Å²) in [6.45, 7) is 16.8. The van der Waals surface area contributed by atoms with Crippen LogP contribution >= 0.6 is 34.5 Å². The van der Waals surface area contributed by atoms with Gasteiger partial charge in [0, 0.05) is 48.9 Å². The van der Waals surface area contributed by atoms with Crippen molar-refractivity contribution in [2.45, 2.75) is 108 Å². The van der Waals surface area contributed by atoms with Crippen molar-refractivity contribution in [2.75, 3.05) is 19.6 Å². The van der Waals surface area contributed by atoms with E-state index in [4.69, 9.17) is 23.2 Å². The van der Waals surface area contributed by atoms with Gasteiger partial charge in [0.15, 0.2) is 0 Å². The second-order valence-corrected chi connectivity index (χ2v) is 20.0. The topological polar surface area (TPSA) is 174 Å². The molecule has 0 spiro atoms. The van der Waals surface area contributed by atoms with Crippen LogP contribution in [0.4, 0.5) is 4.79 Å². The summed E-state index contributed by atoms with van der Waals surface area (Å²) in [4.78, 5) is 69.9. The molecule has 1 aliphatic carbocycles. The Hall–Kier alpha value is -2.72. The number of carbonyl (C=O) groups excluding carboxylic acids is 5. The average molecular weight is 790 g/mol. The molecule has 284 valence electrons. The number of hydrogen-bond donors (Lipinski definition) is 4. The summed E-state index contributed by atoms with van der Waals surface area (Å²) in [5, 5.41) is 12.6. The molecule has 1 aromatic rings. The third-order valence-electron chi connectivity index (χ3n) is 9.76. The van der Waals surface area contributed by atoms with Crippen molar-refractivity contribution in [2.24, 2.45) is 22.7 Å². The van der Waals surface area contributed by atoms with E-state index in [9.17, 15) is 32.4 Å². The fourth-order valence-electron chi connectivity index (χ4n) is 6.58. The quantitative estimate of drug-likeness (QED) is 0.127. The number of hydrogen-bond acceptors (Lipinski definition) is 8. The molecular formula is C34H50Cl2N6O7S2. The first-order valence-corrected chi connectivity index (χ1v) is 20.2. The van der Waals surface area contributed by atoms with Crippen LogP contribution in [-0.2, 0) is 35.7 Å². The van der Waals surface area contributed by atoms with E-state index in [0.717, 1.165) is 4.88 Å². The van der Waals surface area contributed by atoms with Gasteiger partial charge in [-0.2, -0.15) is 4.31 Å². The molecule has 1 saturated carbocycles. The van der Waals surface area contributed by atoms with E-state index in [2.05, 4.69) is 27.8 Å². The minimum atomic E-state index is -3.71. The number of thiophene rings is 1. The molecule has 2 aliphatic heterocycles. The molecule has 3 heterocycles. The number of alkyl halides is 2. The first kappa shape index (κ1) is 41.0. The smallest absolute Gasteiger partial charge is 0.315 e. The van der Waals surface area contributed by atoms with Crippen LogP contribution in [0.3, 0.4) is 0 Å². The first-order valence-electron chi connectivity index (χ1n) is 17.1. The second-order valence-electron chi connectivity index (χ2n) is 15.6. The number of fused-ring (bicyclic) bond motifs is 2. The Morgan fingerprint density at radius 1 is 1.08 bits per heavy atom. The van der Waals surface area contributed by atoms with Gasteiger partial charge in [0.2, 0.25) is 27.6 Å². The number of likely N-dealkylation sites (tertiary alicyclic amines) is 1. The lowest BCUT2D eigenvalue weighted by molar-refractivity contribution is -0.144. The number of carbonyl (C=O) groups is 5. The summed E-state index contributed by atoms with van der Waals surface area (Å²) in [5.74, 6) is -3.96. The minimum Gasteiger partial charge on any atom is -0.346 e. The van der Waals surface area contributed by atoms with Gasteiger partial charge in [-0.25, -0.2) is 13.2 Å². The molecule has 17 heteroatoms.